The fourth-order valence-corrected chi connectivity index (χ4v) is 3.74. The van der Waals surface area contributed by atoms with E-state index in [0.717, 1.165) is 6.04 Å². The van der Waals surface area contributed by atoms with E-state index < -0.39 is 0 Å². The van der Waals surface area contributed by atoms with Gasteiger partial charge in [-0.3, -0.25) is 0 Å². The summed E-state index contributed by atoms with van der Waals surface area (Å²) >= 11 is 0. The molecule has 2 aliphatic rings. The Labute approximate surface area is 126 Å². The Morgan fingerprint density at radius 1 is 0.950 bits per heavy atom. The molecule has 0 radical (unpaired) electrons. The summed E-state index contributed by atoms with van der Waals surface area (Å²) in [5.41, 5.74) is 0. The maximum absolute atomic E-state index is 3.74. The molecular weight excluding hydrogens is 246 g/mol. The van der Waals surface area contributed by atoms with Gasteiger partial charge in [0.05, 0.1) is 0 Å². The van der Waals surface area contributed by atoms with E-state index >= 15 is 0 Å². The highest BCUT2D eigenvalue weighted by Gasteiger charge is 2.27. The maximum Gasteiger partial charge on any atom is 0.0220 e. The largest absolute Gasteiger partial charge is 0.310 e. The third kappa shape index (κ3) is 4.71. The second kappa shape index (κ2) is 7.77. The lowest BCUT2D eigenvalue weighted by atomic mass is 9.99. The summed E-state index contributed by atoms with van der Waals surface area (Å²) in [6.07, 6.45) is 5.61. The van der Waals surface area contributed by atoms with Gasteiger partial charge in [0, 0.05) is 24.7 Å². The van der Waals surface area contributed by atoms with E-state index in [4.69, 9.17) is 0 Å². The first kappa shape index (κ1) is 16.3. The van der Waals surface area contributed by atoms with Gasteiger partial charge in [0.15, 0.2) is 0 Å². The van der Waals surface area contributed by atoms with Crippen molar-refractivity contribution < 1.29 is 0 Å². The second-order valence-electron chi connectivity index (χ2n) is 7.45. The van der Waals surface area contributed by atoms with Crippen molar-refractivity contribution in [2.75, 3.05) is 32.7 Å². The van der Waals surface area contributed by atoms with E-state index in [1.165, 1.54) is 58.4 Å². The monoisotopic (exact) mass is 281 g/mol. The van der Waals surface area contributed by atoms with Crippen molar-refractivity contribution in [1.82, 2.24) is 15.1 Å². The molecule has 2 aliphatic heterocycles. The van der Waals surface area contributed by atoms with Crippen LogP contribution < -0.4 is 5.32 Å². The standard InChI is InChI=1S/C17H35N3/c1-14(2)17(18-15(3)4)13-19-11-7-16(8-12-19)20-9-5-6-10-20/h14-18H,5-13H2,1-4H3/t17-/m0/s1. The molecule has 2 heterocycles. The zero-order chi connectivity index (χ0) is 14.5. The van der Waals surface area contributed by atoms with Gasteiger partial charge in [-0.1, -0.05) is 27.7 Å². The molecule has 118 valence electrons. The first-order valence-corrected chi connectivity index (χ1v) is 8.78. The molecule has 1 atom stereocenters. The first-order valence-electron chi connectivity index (χ1n) is 8.78. The first-order chi connectivity index (χ1) is 9.56. The van der Waals surface area contributed by atoms with Crippen LogP contribution in [0.5, 0.6) is 0 Å². The average Bonchev–Trinajstić information content (AvgIpc) is 2.92. The summed E-state index contributed by atoms with van der Waals surface area (Å²) < 4.78 is 0. The Balaban J connectivity index is 1.74. The van der Waals surface area contributed by atoms with Crippen LogP contribution in [0.2, 0.25) is 0 Å². The lowest BCUT2D eigenvalue weighted by Crippen LogP contribution is -2.50. The third-order valence-corrected chi connectivity index (χ3v) is 5.02. The molecule has 1 N–H and O–H groups in total. The molecule has 0 aromatic rings. The molecule has 0 aromatic carbocycles. The summed E-state index contributed by atoms with van der Waals surface area (Å²) in [5.74, 6) is 0.716. The number of likely N-dealkylation sites (tertiary alicyclic amines) is 2. The SMILES string of the molecule is CC(C)N[C@@H](CN1CCC(N2CCCC2)CC1)C(C)C. The van der Waals surface area contributed by atoms with Crippen molar-refractivity contribution in [3.05, 3.63) is 0 Å². The molecule has 3 nitrogen and oxygen atoms in total. The quantitative estimate of drug-likeness (QED) is 0.807. The van der Waals surface area contributed by atoms with Crippen LogP contribution in [-0.4, -0.2) is 60.6 Å². The van der Waals surface area contributed by atoms with Gasteiger partial charge in [0.25, 0.3) is 0 Å². The van der Waals surface area contributed by atoms with Crippen molar-refractivity contribution in [3.8, 4) is 0 Å². The number of piperidine rings is 1. The Bertz CT molecular complexity index is 263. The molecule has 2 saturated heterocycles. The molecule has 2 rings (SSSR count). The zero-order valence-corrected chi connectivity index (χ0v) is 14.1. The smallest absolute Gasteiger partial charge is 0.0220 e. The summed E-state index contributed by atoms with van der Waals surface area (Å²) in [5, 5.41) is 3.74. The van der Waals surface area contributed by atoms with Crippen molar-refractivity contribution in [2.45, 2.75) is 71.5 Å². The molecule has 20 heavy (non-hydrogen) atoms. The van der Waals surface area contributed by atoms with Crippen LogP contribution in [0.15, 0.2) is 0 Å². The van der Waals surface area contributed by atoms with Gasteiger partial charge in [-0.15, -0.1) is 0 Å². The summed E-state index contributed by atoms with van der Waals surface area (Å²) in [7, 11) is 0. The second-order valence-corrected chi connectivity index (χ2v) is 7.45. The maximum atomic E-state index is 3.74. The Kier molecular flexibility index (Phi) is 6.31. The molecule has 0 spiro atoms. The van der Waals surface area contributed by atoms with Gasteiger partial charge in [0.2, 0.25) is 0 Å². The highest BCUT2D eigenvalue weighted by molar-refractivity contribution is 4.85. The lowest BCUT2D eigenvalue weighted by molar-refractivity contribution is 0.112. The topological polar surface area (TPSA) is 18.5 Å². The average molecular weight is 281 g/mol. The van der Waals surface area contributed by atoms with Gasteiger partial charge >= 0.3 is 0 Å². The number of nitrogens with zero attached hydrogens (tertiary/aromatic N) is 2. The highest BCUT2D eigenvalue weighted by atomic mass is 15.2. The molecule has 0 amide bonds. The lowest BCUT2D eigenvalue weighted by Gasteiger charge is -2.39. The third-order valence-electron chi connectivity index (χ3n) is 5.02. The van der Waals surface area contributed by atoms with Gasteiger partial charge in [-0.05, 0) is 57.8 Å². The van der Waals surface area contributed by atoms with Gasteiger partial charge in [-0.2, -0.15) is 0 Å². The van der Waals surface area contributed by atoms with Gasteiger partial charge < -0.3 is 15.1 Å². The van der Waals surface area contributed by atoms with Crippen molar-refractivity contribution in [1.29, 1.82) is 0 Å². The summed E-state index contributed by atoms with van der Waals surface area (Å²) in [6, 6.07) is 2.10. The van der Waals surface area contributed by atoms with Crippen LogP contribution in [-0.2, 0) is 0 Å². The van der Waals surface area contributed by atoms with Crippen LogP contribution in [0.4, 0.5) is 0 Å². The van der Waals surface area contributed by atoms with E-state index in [2.05, 4.69) is 42.8 Å². The van der Waals surface area contributed by atoms with Crippen LogP contribution in [0.3, 0.4) is 0 Å². The Hall–Kier alpha value is -0.120. The molecule has 0 aromatic heterocycles. The van der Waals surface area contributed by atoms with E-state index in [1.54, 1.807) is 0 Å². The van der Waals surface area contributed by atoms with Crippen molar-refractivity contribution >= 4 is 0 Å². The van der Waals surface area contributed by atoms with Gasteiger partial charge in [0.1, 0.15) is 0 Å². The molecular formula is C17H35N3. The minimum absolute atomic E-state index is 0.588. The van der Waals surface area contributed by atoms with E-state index in [9.17, 15) is 0 Å². The minimum atomic E-state index is 0.588. The molecule has 0 bridgehead atoms. The van der Waals surface area contributed by atoms with Crippen LogP contribution in [0.25, 0.3) is 0 Å². The molecule has 0 aliphatic carbocycles. The van der Waals surface area contributed by atoms with Crippen LogP contribution >= 0.6 is 0 Å². The highest BCUT2D eigenvalue weighted by Crippen LogP contribution is 2.21. The predicted octanol–water partition coefficient (Wildman–Crippen LogP) is 2.57. The summed E-state index contributed by atoms with van der Waals surface area (Å²) in [4.78, 5) is 5.43. The molecule has 2 fully saturated rings. The number of hydrogen-bond acceptors (Lipinski definition) is 3. The van der Waals surface area contributed by atoms with E-state index in [-0.39, 0.29) is 0 Å². The van der Waals surface area contributed by atoms with Gasteiger partial charge in [-0.25, -0.2) is 0 Å². The molecule has 0 unspecified atom stereocenters. The normalized spacial score (nSPS) is 24.9. The fourth-order valence-electron chi connectivity index (χ4n) is 3.74. The number of hydrogen-bond donors (Lipinski definition) is 1. The number of rotatable bonds is 6. The number of nitrogens with one attached hydrogen (secondary N) is 1. The minimum Gasteiger partial charge on any atom is -0.310 e. The zero-order valence-electron chi connectivity index (χ0n) is 14.1. The van der Waals surface area contributed by atoms with Crippen molar-refractivity contribution in [3.63, 3.8) is 0 Å². The van der Waals surface area contributed by atoms with Crippen LogP contribution in [0.1, 0.15) is 53.4 Å². The molecule has 0 saturated carbocycles. The van der Waals surface area contributed by atoms with Crippen LogP contribution in [0, 0.1) is 5.92 Å². The van der Waals surface area contributed by atoms with E-state index in [0.29, 0.717) is 18.0 Å². The fraction of sp³-hybridized carbons (Fsp3) is 1.00. The van der Waals surface area contributed by atoms with Crippen molar-refractivity contribution in [2.24, 2.45) is 5.92 Å². The Morgan fingerprint density at radius 3 is 2.05 bits per heavy atom. The summed E-state index contributed by atoms with van der Waals surface area (Å²) in [6.45, 7) is 15.7. The predicted molar refractivity (Wildman–Crippen MR) is 87.2 cm³/mol. The van der Waals surface area contributed by atoms with E-state index in [1.807, 2.05) is 0 Å². The Morgan fingerprint density at radius 2 is 1.55 bits per heavy atom. The molecule has 3 heteroatoms.